The number of rotatable bonds is 2. The minimum absolute atomic E-state index is 0.116. The minimum Gasteiger partial charge on any atom is -0.496 e. The molecule has 0 amide bonds. The molecule has 0 radical (unpaired) electrons. The Balaban J connectivity index is 1.84. The van der Waals surface area contributed by atoms with Crippen LogP contribution in [0.4, 0.5) is 0 Å². The van der Waals surface area contributed by atoms with Crippen LogP contribution in [0, 0.1) is 5.92 Å². The first-order valence-electron chi connectivity index (χ1n) is 7.68. The van der Waals surface area contributed by atoms with Crippen molar-refractivity contribution in [2.24, 2.45) is 5.92 Å². The molecular formula is C17H20N2O2. The van der Waals surface area contributed by atoms with Crippen LogP contribution in [0.3, 0.4) is 0 Å². The van der Waals surface area contributed by atoms with Crippen molar-refractivity contribution in [1.29, 1.82) is 0 Å². The second-order valence-corrected chi connectivity index (χ2v) is 6.16. The average molecular weight is 284 g/mol. The van der Waals surface area contributed by atoms with Crippen molar-refractivity contribution >= 4 is 10.8 Å². The fraction of sp³-hybridized carbons (Fsp3) is 0.471. The molecule has 1 aromatic carbocycles. The summed E-state index contributed by atoms with van der Waals surface area (Å²) < 4.78 is 7.32. The van der Waals surface area contributed by atoms with E-state index in [0.29, 0.717) is 12.0 Å². The Morgan fingerprint density at radius 2 is 1.95 bits per heavy atom. The van der Waals surface area contributed by atoms with E-state index >= 15 is 0 Å². The van der Waals surface area contributed by atoms with E-state index in [-0.39, 0.29) is 5.56 Å². The maximum atomic E-state index is 12.9. The molecular weight excluding hydrogens is 264 g/mol. The van der Waals surface area contributed by atoms with Crippen LogP contribution in [0.5, 0.6) is 5.75 Å². The average Bonchev–Trinajstić information content (AvgIpc) is 2.56. The second-order valence-electron chi connectivity index (χ2n) is 6.16. The third-order valence-corrected chi connectivity index (χ3v) is 5.13. The van der Waals surface area contributed by atoms with Crippen LogP contribution in [0.1, 0.15) is 18.9 Å². The van der Waals surface area contributed by atoms with Crippen LogP contribution >= 0.6 is 0 Å². The van der Waals surface area contributed by atoms with Crippen molar-refractivity contribution in [3.63, 3.8) is 0 Å². The van der Waals surface area contributed by atoms with Crippen molar-refractivity contribution in [3.8, 4) is 5.75 Å². The molecule has 1 aromatic heterocycles. The van der Waals surface area contributed by atoms with E-state index in [1.807, 2.05) is 35.0 Å². The highest BCUT2D eigenvalue weighted by Gasteiger charge is 2.35. The lowest BCUT2D eigenvalue weighted by molar-refractivity contribution is 0.0556. The van der Waals surface area contributed by atoms with Crippen LogP contribution in [0.15, 0.2) is 35.3 Å². The van der Waals surface area contributed by atoms with Gasteiger partial charge in [-0.1, -0.05) is 6.07 Å². The SMILES string of the molecule is COc1cccc2c(=O)n([C@H]3CN4CCC3CC4)ccc12. The van der Waals surface area contributed by atoms with Gasteiger partial charge in [-0.15, -0.1) is 0 Å². The van der Waals surface area contributed by atoms with Gasteiger partial charge in [-0.05, 0) is 50.0 Å². The molecule has 4 heteroatoms. The third-order valence-electron chi connectivity index (χ3n) is 5.13. The summed E-state index contributed by atoms with van der Waals surface area (Å²) in [6, 6.07) is 8.05. The molecule has 3 aliphatic rings. The number of methoxy groups -OCH3 is 1. The van der Waals surface area contributed by atoms with Crippen molar-refractivity contribution in [2.75, 3.05) is 26.7 Å². The molecule has 0 aliphatic carbocycles. The number of piperidine rings is 3. The Morgan fingerprint density at radius 1 is 1.14 bits per heavy atom. The lowest BCUT2D eigenvalue weighted by atomic mass is 9.84. The van der Waals surface area contributed by atoms with Crippen molar-refractivity contribution in [2.45, 2.75) is 18.9 Å². The Kier molecular flexibility index (Phi) is 3.00. The van der Waals surface area contributed by atoms with Crippen LogP contribution in [0.25, 0.3) is 10.8 Å². The molecule has 4 nitrogen and oxygen atoms in total. The summed E-state index contributed by atoms with van der Waals surface area (Å²) in [7, 11) is 1.65. The molecule has 5 rings (SSSR count). The number of nitrogens with zero attached hydrogens (tertiary/aromatic N) is 2. The lowest BCUT2D eigenvalue weighted by Crippen LogP contribution is -2.49. The van der Waals surface area contributed by atoms with Gasteiger partial charge in [0.05, 0.1) is 18.5 Å². The van der Waals surface area contributed by atoms with Gasteiger partial charge in [0.1, 0.15) is 5.75 Å². The van der Waals surface area contributed by atoms with Gasteiger partial charge in [-0.25, -0.2) is 0 Å². The first-order chi connectivity index (χ1) is 10.3. The summed E-state index contributed by atoms with van der Waals surface area (Å²) in [6.45, 7) is 3.40. The fourth-order valence-electron chi connectivity index (χ4n) is 3.95. The summed E-state index contributed by atoms with van der Waals surface area (Å²) in [5, 5.41) is 1.66. The molecule has 0 spiro atoms. The minimum atomic E-state index is 0.116. The molecule has 0 N–H and O–H groups in total. The maximum Gasteiger partial charge on any atom is 0.258 e. The van der Waals surface area contributed by atoms with Crippen LogP contribution < -0.4 is 10.3 Å². The molecule has 110 valence electrons. The number of pyridine rings is 1. The summed E-state index contributed by atoms with van der Waals surface area (Å²) in [5.41, 5.74) is 0.116. The van der Waals surface area contributed by atoms with Gasteiger partial charge in [0.15, 0.2) is 0 Å². The second kappa shape index (κ2) is 4.88. The lowest BCUT2D eigenvalue weighted by Gasteiger charge is -2.45. The number of hydrogen-bond acceptors (Lipinski definition) is 3. The quantitative estimate of drug-likeness (QED) is 0.848. The summed E-state index contributed by atoms with van der Waals surface area (Å²) >= 11 is 0. The van der Waals surface area contributed by atoms with E-state index in [0.717, 1.165) is 23.1 Å². The monoisotopic (exact) mass is 284 g/mol. The zero-order chi connectivity index (χ0) is 14.4. The predicted octanol–water partition coefficient (Wildman–Crippen LogP) is 2.28. The number of aromatic nitrogens is 1. The van der Waals surface area contributed by atoms with Crippen molar-refractivity contribution in [1.82, 2.24) is 9.47 Å². The summed E-state index contributed by atoms with van der Waals surface area (Å²) in [6.07, 6.45) is 4.39. The van der Waals surface area contributed by atoms with E-state index in [2.05, 4.69) is 4.90 Å². The van der Waals surface area contributed by atoms with Gasteiger partial charge >= 0.3 is 0 Å². The van der Waals surface area contributed by atoms with Crippen LogP contribution in [-0.4, -0.2) is 36.2 Å². The van der Waals surface area contributed by atoms with E-state index in [1.165, 1.54) is 25.9 Å². The predicted molar refractivity (Wildman–Crippen MR) is 83.0 cm³/mol. The number of hydrogen-bond donors (Lipinski definition) is 0. The summed E-state index contributed by atoms with van der Waals surface area (Å²) in [5.74, 6) is 1.42. The molecule has 2 aromatic rings. The van der Waals surface area contributed by atoms with Crippen LogP contribution in [-0.2, 0) is 0 Å². The van der Waals surface area contributed by atoms with Gasteiger partial charge in [-0.3, -0.25) is 4.79 Å². The van der Waals surface area contributed by atoms with Gasteiger partial charge in [0, 0.05) is 18.1 Å². The van der Waals surface area contributed by atoms with E-state index in [1.54, 1.807) is 7.11 Å². The molecule has 3 aliphatic heterocycles. The number of fused-ring (bicyclic) bond motifs is 4. The Morgan fingerprint density at radius 3 is 2.62 bits per heavy atom. The fourth-order valence-corrected chi connectivity index (χ4v) is 3.95. The highest BCUT2D eigenvalue weighted by Crippen LogP contribution is 2.35. The van der Waals surface area contributed by atoms with Crippen molar-refractivity contribution in [3.05, 3.63) is 40.8 Å². The molecule has 4 heterocycles. The molecule has 3 saturated heterocycles. The Bertz CT molecular complexity index is 729. The van der Waals surface area contributed by atoms with Gasteiger partial charge in [-0.2, -0.15) is 0 Å². The first-order valence-corrected chi connectivity index (χ1v) is 7.68. The topological polar surface area (TPSA) is 34.5 Å². The third kappa shape index (κ3) is 1.97. The first kappa shape index (κ1) is 12.9. The Hall–Kier alpha value is -1.81. The standard InChI is InChI=1S/C17H20N2O2/c1-21-16-4-2-3-14-13(16)7-10-19(17(14)20)15-11-18-8-5-12(15)6-9-18/h2-4,7,10,12,15H,5-6,8-9,11H2,1H3/t15-/m0/s1. The van der Waals surface area contributed by atoms with Gasteiger partial charge in [0.25, 0.3) is 5.56 Å². The zero-order valence-electron chi connectivity index (χ0n) is 12.3. The van der Waals surface area contributed by atoms with Crippen molar-refractivity contribution < 1.29 is 4.74 Å². The smallest absolute Gasteiger partial charge is 0.258 e. The molecule has 0 unspecified atom stereocenters. The van der Waals surface area contributed by atoms with E-state index in [9.17, 15) is 4.79 Å². The molecule has 1 atom stereocenters. The molecule has 0 saturated carbocycles. The van der Waals surface area contributed by atoms with Gasteiger partial charge < -0.3 is 14.2 Å². The highest BCUT2D eigenvalue weighted by molar-refractivity contribution is 5.87. The Labute approximate surface area is 123 Å². The summed E-state index contributed by atoms with van der Waals surface area (Å²) in [4.78, 5) is 15.3. The highest BCUT2D eigenvalue weighted by atomic mass is 16.5. The molecule has 2 bridgehead atoms. The van der Waals surface area contributed by atoms with Gasteiger partial charge in [0.2, 0.25) is 0 Å². The zero-order valence-corrected chi connectivity index (χ0v) is 12.3. The number of ether oxygens (including phenoxy) is 1. The van der Waals surface area contributed by atoms with E-state index < -0.39 is 0 Å². The number of benzene rings is 1. The largest absolute Gasteiger partial charge is 0.496 e. The maximum absolute atomic E-state index is 12.9. The molecule has 21 heavy (non-hydrogen) atoms. The van der Waals surface area contributed by atoms with Crippen LogP contribution in [0.2, 0.25) is 0 Å². The molecule has 3 fully saturated rings. The normalized spacial score (nSPS) is 28.0. The van der Waals surface area contributed by atoms with E-state index in [4.69, 9.17) is 4.74 Å².